The van der Waals surface area contributed by atoms with Gasteiger partial charge in [0.05, 0.1) is 28.7 Å². The second-order valence-electron chi connectivity index (χ2n) is 6.35. The van der Waals surface area contributed by atoms with Crippen LogP contribution in [-0.2, 0) is 14.8 Å². The lowest BCUT2D eigenvalue weighted by atomic mass is 10.1. The van der Waals surface area contributed by atoms with Crippen molar-refractivity contribution < 1.29 is 13.2 Å². The van der Waals surface area contributed by atoms with Gasteiger partial charge in [0.1, 0.15) is 0 Å². The molecule has 0 bridgehead atoms. The third-order valence-electron chi connectivity index (χ3n) is 4.46. The van der Waals surface area contributed by atoms with E-state index in [0.29, 0.717) is 18.2 Å². The number of hydrogen-bond acceptors (Lipinski definition) is 6. The van der Waals surface area contributed by atoms with Crippen molar-refractivity contribution in [3.8, 4) is 21.7 Å². The fourth-order valence-electron chi connectivity index (χ4n) is 2.99. The number of anilines is 1. The summed E-state index contributed by atoms with van der Waals surface area (Å²) in [6.45, 7) is 2.93. The van der Waals surface area contributed by atoms with Crippen LogP contribution in [0.25, 0.3) is 21.7 Å². The van der Waals surface area contributed by atoms with Crippen molar-refractivity contribution in [3.05, 3.63) is 53.6 Å². The summed E-state index contributed by atoms with van der Waals surface area (Å²) in [5.41, 5.74) is 2.67. The average Bonchev–Trinajstić information content (AvgIpc) is 3.14. The highest BCUT2D eigenvalue weighted by atomic mass is 35.5. The summed E-state index contributed by atoms with van der Waals surface area (Å²) in [7, 11) is -3.73. The van der Waals surface area contributed by atoms with Gasteiger partial charge in [-0.3, -0.25) is 0 Å². The van der Waals surface area contributed by atoms with E-state index in [9.17, 15) is 8.42 Å². The summed E-state index contributed by atoms with van der Waals surface area (Å²) in [5, 5.41) is 6.79. The van der Waals surface area contributed by atoms with Gasteiger partial charge in [0, 0.05) is 23.7 Å². The molecule has 0 spiro atoms. The van der Waals surface area contributed by atoms with Crippen LogP contribution in [0.4, 0.5) is 5.13 Å². The van der Waals surface area contributed by atoms with Gasteiger partial charge in [-0.1, -0.05) is 47.2 Å². The number of benzene rings is 2. The number of halogens is 1. The first-order chi connectivity index (χ1) is 13.4. The van der Waals surface area contributed by atoms with E-state index in [1.54, 1.807) is 23.5 Å². The molecule has 1 aromatic heterocycles. The highest BCUT2D eigenvalue weighted by molar-refractivity contribution is 7.89. The molecular formula is C19H18ClN3O3S2. The minimum atomic E-state index is -3.73. The Hall–Kier alpha value is -1.97. The lowest BCUT2D eigenvalue weighted by molar-refractivity contribution is 0.122. The lowest BCUT2D eigenvalue weighted by Crippen LogP contribution is -2.36. The van der Waals surface area contributed by atoms with Crippen LogP contribution in [0, 0.1) is 0 Å². The number of rotatable bonds is 4. The van der Waals surface area contributed by atoms with E-state index in [1.807, 2.05) is 24.3 Å². The number of morpholine rings is 1. The Morgan fingerprint density at radius 2 is 1.61 bits per heavy atom. The van der Waals surface area contributed by atoms with E-state index in [1.165, 1.54) is 12.1 Å². The van der Waals surface area contributed by atoms with Crippen molar-refractivity contribution in [1.29, 1.82) is 0 Å². The van der Waals surface area contributed by atoms with E-state index in [2.05, 4.69) is 4.90 Å². The van der Waals surface area contributed by atoms with Crippen molar-refractivity contribution in [3.63, 3.8) is 0 Å². The number of aromatic nitrogens is 1. The predicted octanol–water partition coefficient (Wildman–Crippen LogP) is 3.61. The van der Waals surface area contributed by atoms with Crippen LogP contribution < -0.4 is 10.0 Å². The number of sulfonamides is 1. The second-order valence-corrected chi connectivity index (χ2v) is 9.33. The van der Waals surface area contributed by atoms with Crippen molar-refractivity contribution in [2.24, 2.45) is 5.14 Å². The second kappa shape index (κ2) is 7.81. The summed E-state index contributed by atoms with van der Waals surface area (Å²) in [5.74, 6) is 0. The molecule has 146 valence electrons. The Balaban J connectivity index is 1.79. The van der Waals surface area contributed by atoms with Gasteiger partial charge in [-0.05, 0) is 29.8 Å². The first-order valence-electron chi connectivity index (χ1n) is 8.64. The first-order valence-corrected chi connectivity index (χ1v) is 11.4. The molecule has 0 aliphatic carbocycles. The molecular weight excluding hydrogens is 418 g/mol. The summed E-state index contributed by atoms with van der Waals surface area (Å²) in [6, 6.07) is 14.1. The quantitative estimate of drug-likeness (QED) is 0.676. The molecule has 1 aliphatic rings. The van der Waals surface area contributed by atoms with E-state index in [4.69, 9.17) is 26.5 Å². The van der Waals surface area contributed by atoms with E-state index >= 15 is 0 Å². The molecule has 0 amide bonds. The number of nitrogens with two attached hydrogens (primary N) is 1. The summed E-state index contributed by atoms with van der Waals surface area (Å²) >= 11 is 7.61. The van der Waals surface area contributed by atoms with E-state index in [-0.39, 0.29) is 4.90 Å². The molecule has 28 heavy (non-hydrogen) atoms. The molecule has 1 aliphatic heterocycles. The van der Waals surface area contributed by atoms with Gasteiger partial charge in [-0.15, -0.1) is 0 Å². The van der Waals surface area contributed by atoms with Gasteiger partial charge in [-0.2, -0.15) is 0 Å². The highest BCUT2D eigenvalue weighted by Crippen LogP contribution is 2.41. The van der Waals surface area contributed by atoms with Crippen molar-refractivity contribution in [2.75, 3.05) is 31.2 Å². The fraction of sp³-hybridized carbons (Fsp3) is 0.211. The van der Waals surface area contributed by atoms with Gasteiger partial charge < -0.3 is 9.64 Å². The van der Waals surface area contributed by atoms with Gasteiger partial charge in [-0.25, -0.2) is 18.5 Å². The van der Waals surface area contributed by atoms with Gasteiger partial charge in [0.25, 0.3) is 0 Å². The zero-order valence-corrected chi connectivity index (χ0v) is 17.2. The van der Waals surface area contributed by atoms with Crippen LogP contribution in [0.2, 0.25) is 5.02 Å². The minimum Gasteiger partial charge on any atom is -0.378 e. The molecule has 2 N–H and O–H groups in total. The molecule has 3 aromatic rings. The molecule has 6 nitrogen and oxygen atoms in total. The predicted molar refractivity (Wildman–Crippen MR) is 112 cm³/mol. The third kappa shape index (κ3) is 4.06. The third-order valence-corrected chi connectivity index (χ3v) is 6.81. The zero-order valence-electron chi connectivity index (χ0n) is 14.8. The Labute approximate surface area is 172 Å². The highest BCUT2D eigenvalue weighted by Gasteiger charge is 2.21. The average molecular weight is 436 g/mol. The number of thiazole rings is 1. The van der Waals surface area contributed by atoms with Crippen LogP contribution in [0.5, 0.6) is 0 Å². The number of primary sulfonamides is 1. The molecule has 2 aromatic carbocycles. The summed E-state index contributed by atoms with van der Waals surface area (Å²) < 4.78 is 28.5. The maximum absolute atomic E-state index is 11.5. The van der Waals surface area contributed by atoms with Crippen molar-refractivity contribution >= 4 is 38.1 Å². The van der Waals surface area contributed by atoms with E-state index in [0.717, 1.165) is 39.9 Å². The Morgan fingerprint density at radius 1 is 1.00 bits per heavy atom. The van der Waals surface area contributed by atoms with Gasteiger partial charge in [0.15, 0.2) is 5.13 Å². The molecule has 0 unspecified atom stereocenters. The Morgan fingerprint density at radius 3 is 2.21 bits per heavy atom. The molecule has 1 saturated heterocycles. The summed E-state index contributed by atoms with van der Waals surface area (Å²) in [4.78, 5) is 8.14. The molecule has 2 heterocycles. The molecule has 0 atom stereocenters. The Bertz CT molecular complexity index is 1070. The molecule has 4 rings (SSSR count). The number of hydrogen-bond donors (Lipinski definition) is 1. The van der Waals surface area contributed by atoms with Crippen molar-refractivity contribution in [2.45, 2.75) is 4.90 Å². The molecule has 0 radical (unpaired) electrons. The smallest absolute Gasteiger partial charge is 0.238 e. The van der Waals surface area contributed by atoms with Gasteiger partial charge in [0.2, 0.25) is 10.0 Å². The zero-order chi connectivity index (χ0) is 19.7. The van der Waals surface area contributed by atoms with Crippen LogP contribution >= 0.6 is 22.9 Å². The number of nitrogens with zero attached hydrogens (tertiary/aromatic N) is 2. The topological polar surface area (TPSA) is 85.5 Å². The van der Waals surface area contributed by atoms with E-state index < -0.39 is 10.0 Å². The van der Waals surface area contributed by atoms with Crippen LogP contribution in [0.3, 0.4) is 0 Å². The van der Waals surface area contributed by atoms with Crippen LogP contribution in [0.1, 0.15) is 0 Å². The first kappa shape index (κ1) is 19.4. The normalized spacial score (nSPS) is 15.0. The minimum absolute atomic E-state index is 0.0854. The SMILES string of the molecule is NS(=O)(=O)c1ccc(-c2sc(N3CCOCC3)nc2-c2ccc(Cl)cc2)cc1. The molecule has 9 heteroatoms. The monoisotopic (exact) mass is 435 g/mol. The lowest BCUT2D eigenvalue weighted by Gasteiger charge is -2.26. The number of ether oxygens (including phenoxy) is 1. The standard InChI is InChI=1S/C19H18ClN3O3S2/c20-15-5-1-13(2-6-15)17-18(14-3-7-16(8-4-14)28(21,24)25)27-19(22-17)23-9-11-26-12-10-23/h1-8H,9-12H2,(H2,21,24,25). The maximum Gasteiger partial charge on any atom is 0.238 e. The molecule has 0 saturated carbocycles. The fourth-order valence-corrected chi connectivity index (χ4v) is 4.78. The maximum atomic E-state index is 11.5. The largest absolute Gasteiger partial charge is 0.378 e. The van der Waals surface area contributed by atoms with Gasteiger partial charge >= 0.3 is 0 Å². The molecule has 1 fully saturated rings. The van der Waals surface area contributed by atoms with Crippen molar-refractivity contribution in [1.82, 2.24) is 4.98 Å². The van der Waals surface area contributed by atoms with Crippen LogP contribution in [-0.4, -0.2) is 39.7 Å². The summed E-state index contributed by atoms with van der Waals surface area (Å²) in [6.07, 6.45) is 0. The van der Waals surface area contributed by atoms with Crippen LogP contribution in [0.15, 0.2) is 53.4 Å². The Kier molecular flexibility index (Phi) is 5.39.